The van der Waals surface area contributed by atoms with Crippen LogP contribution < -0.4 is 9.47 Å². The summed E-state index contributed by atoms with van der Waals surface area (Å²) in [4.78, 5) is 14.8. The van der Waals surface area contributed by atoms with Crippen LogP contribution in [0.2, 0.25) is 0 Å². The maximum atomic E-state index is 12.7. The minimum Gasteiger partial charge on any atom is -0.490 e. The van der Waals surface area contributed by atoms with Gasteiger partial charge in [-0.2, -0.15) is 0 Å². The van der Waals surface area contributed by atoms with Crippen molar-refractivity contribution in [1.29, 1.82) is 0 Å². The minimum atomic E-state index is -0.112. The second kappa shape index (κ2) is 11.5. The number of amides is 1. The number of thiocarbonyl (C=S) groups is 1. The Kier molecular flexibility index (Phi) is 8.73. The Morgan fingerprint density at radius 1 is 1.16 bits per heavy atom. The number of rotatable bonds is 10. The molecule has 0 spiro atoms. The summed E-state index contributed by atoms with van der Waals surface area (Å²) in [6.07, 6.45) is 5.94. The Morgan fingerprint density at radius 2 is 1.91 bits per heavy atom. The number of allylic oxidation sites excluding steroid dienone is 1. The lowest BCUT2D eigenvalue weighted by atomic mass is 10.0. The zero-order chi connectivity index (χ0) is 23.1. The Balaban J connectivity index is 1.94. The van der Waals surface area contributed by atoms with Crippen LogP contribution in [0, 0.1) is 0 Å². The summed E-state index contributed by atoms with van der Waals surface area (Å²) in [5.74, 6) is 1.21. The number of carbonyl (C=O) groups excluding carboxylic acids is 1. The molecule has 1 fully saturated rings. The molecule has 0 radical (unpaired) electrons. The predicted octanol–water partition coefficient (Wildman–Crippen LogP) is 6.54. The van der Waals surface area contributed by atoms with Gasteiger partial charge in [-0.05, 0) is 54.8 Å². The molecule has 0 aliphatic carbocycles. The van der Waals surface area contributed by atoms with Gasteiger partial charge in [0, 0.05) is 16.6 Å². The van der Waals surface area contributed by atoms with E-state index in [2.05, 4.69) is 29.1 Å². The van der Waals surface area contributed by atoms with Crippen molar-refractivity contribution in [3.63, 3.8) is 0 Å². The molecule has 4 nitrogen and oxygen atoms in total. The number of hydrogen-bond donors (Lipinski definition) is 0. The highest BCUT2D eigenvalue weighted by Crippen LogP contribution is 2.38. The average Bonchev–Trinajstić information content (AvgIpc) is 3.02. The number of halogens is 1. The van der Waals surface area contributed by atoms with Gasteiger partial charge < -0.3 is 9.47 Å². The van der Waals surface area contributed by atoms with Crippen LogP contribution in [0.15, 0.2) is 71.1 Å². The van der Waals surface area contributed by atoms with Crippen molar-refractivity contribution in [2.24, 2.45) is 0 Å². The number of nitrogens with zero attached hydrogens (tertiary/aromatic N) is 1. The molecule has 3 rings (SSSR count). The van der Waals surface area contributed by atoms with Crippen LogP contribution in [0.4, 0.5) is 0 Å². The van der Waals surface area contributed by atoms with E-state index >= 15 is 0 Å². The Morgan fingerprint density at radius 3 is 2.56 bits per heavy atom. The first-order valence-electron chi connectivity index (χ1n) is 10.1. The van der Waals surface area contributed by atoms with Crippen molar-refractivity contribution < 1.29 is 14.3 Å². The maximum absolute atomic E-state index is 12.7. The molecule has 0 atom stereocenters. The molecule has 1 heterocycles. The molecule has 1 aliphatic heterocycles. The number of carbonyl (C=O) groups is 1. The van der Waals surface area contributed by atoms with E-state index in [9.17, 15) is 4.79 Å². The predicted molar refractivity (Wildman–Crippen MR) is 140 cm³/mol. The van der Waals surface area contributed by atoms with E-state index in [1.165, 1.54) is 11.8 Å². The van der Waals surface area contributed by atoms with Crippen molar-refractivity contribution in [2.75, 3.05) is 13.2 Å². The standard InChI is InChI=1S/C25H24BrNO3S2/c1-4-7-19-13-18(15-22-24(28)27(12-5-2)25(31)32-22)14-21(29-6-3)23(19)30-16-17-8-10-20(26)11-9-17/h4-5,8-11,13-15H,1-2,6-7,12,16H2,3H3/b22-15+. The van der Waals surface area contributed by atoms with Gasteiger partial charge in [-0.1, -0.05) is 64.2 Å². The van der Waals surface area contributed by atoms with Gasteiger partial charge in [0.2, 0.25) is 0 Å². The molecular formula is C25H24BrNO3S2. The number of ether oxygens (including phenoxy) is 2. The van der Waals surface area contributed by atoms with Crippen molar-refractivity contribution in [3.8, 4) is 11.5 Å². The third-order valence-corrected chi connectivity index (χ3v) is 6.50. The van der Waals surface area contributed by atoms with E-state index in [0.29, 0.717) is 46.9 Å². The smallest absolute Gasteiger partial charge is 0.266 e. The van der Waals surface area contributed by atoms with Crippen LogP contribution in [0.5, 0.6) is 11.5 Å². The molecule has 0 N–H and O–H groups in total. The van der Waals surface area contributed by atoms with Crippen LogP contribution in [0.1, 0.15) is 23.6 Å². The van der Waals surface area contributed by atoms with Crippen LogP contribution in [-0.2, 0) is 17.8 Å². The third-order valence-electron chi connectivity index (χ3n) is 4.60. The van der Waals surface area contributed by atoms with E-state index in [1.807, 2.05) is 55.5 Å². The van der Waals surface area contributed by atoms with Crippen LogP contribution in [-0.4, -0.2) is 28.3 Å². The fourth-order valence-electron chi connectivity index (χ4n) is 3.17. The van der Waals surface area contributed by atoms with E-state index in [-0.39, 0.29) is 5.91 Å². The summed E-state index contributed by atoms with van der Waals surface area (Å²) in [7, 11) is 0. The molecule has 1 amide bonds. The minimum absolute atomic E-state index is 0.112. The quantitative estimate of drug-likeness (QED) is 0.198. The number of benzene rings is 2. The Bertz CT molecular complexity index is 1060. The highest BCUT2D eigenvalue weighted by molar-refractivity contribution is 9.10. The Hall–Kier alpha value is -2.35. The third kappa shape index (κ3) is 5.91. The second-order valence-electron chi connectivity index (χ2n) is 6.93. The first-order valence-corrected chi connectivity index (χ1v) is 12.1. The summed E-state index contributed by atoms with van der Waals surface area (Å²) in [6, 6.07) is 11.9. The van der Waals surface area contributed by atoms with Gasteiger partial charge in [0.25, 0.3) is 5.91 Å². The normalized spacial score (nSPS) is 14.7. The average molecular weight is 531 g/mol. The van der Waals surface area contributed by atoms with Crippen LogP contribution in [0.25, 0.3) is 6.08 Å². The van der Waals surface area contributed by atoms with Crippen molar-refractivity contribution in [1.82, 2.24) is 4.90 Å². The molecule has 7 heteroatoms. The molecule has 0 saturated carbocycles. The van der Waals surface area contributed by atoms with E-state index < -0.39 is 0 Å². The molecule has 166 valence electrons. The molecule has 2 aromatic rings. The summed E-state index contributed by atoms with van der Waals surface area (Å²) < 4.78 is 13.7. The topological polar surface area (TPSA) is 38.8 Å². The van der Waals surface area contributed by atoms with Gasteiger partial charge >= 0.3 is 0 Å². The highest BCUT2D eigenvalue weighted by atomic mass is 79.9. The Labute approximate surface area is 207 Å². The number of thioether (sulfide) groups is 1. The van der Waals surface area contributed by atoms with Crippen molar-refractivity contribution in [2.45, 2.75) is 20.0 Å². The fraction of sp³-hybridized carbons (Fsp3) is 0.200. The first-order chi connectivity index (χ1) is 15.5. The van der Waals surface area contributed by atoms with Gasteiger partial charge in [0.05, 0.1) is 11.5 Å². The zero-order valence-electron chi connectivity index (χ0n) is 17.8. The lowest BCUT2D eigenvalue weighted by Gasteiger charge is -2.17. The molecule has 1 saturated heterocycles. The summed E-state index contributed by atoms with van der Waals surface area (Å²) in [6.45, 7) is 10.8. The van der Waals surface area contributed by atoms with Gasteiger partial charge in [-0.15, -0.1) is 13.2 Å². The van der Waals surface area contributed by atoms with Crippen molar-refractivity contribution >= 4 is 56.2 Å². The lowest BCUT2D eigenvalue weighted by Crippen LogP contribution is -2.27. The summed E-state index contributed by atoms with van der Waals surface area (Å²) in [5, 5.41) is 0. The van der Waals surface area contributed by atoms with Crippen LogP contribution >= 0.6 is 39.9 Å². The summed E-state index contributed by atoms with van der Waals surface area (Å²) >= 11 is 10.1. The largest absolute Gasteiger partial charge is 0.490 e. The zero-order valence-corrected chi connectivity index (χ0v) is 21.0. The molecule has 2 aromatic carbocycles. The molecule has 0 aromatic heterocycles. The first kappa shape index (κ1) is 24.3. The van der Waals surface area contributed by atoms with Crippen molar-refractivity contribution in [3.05, 3.63) is 87.8 Å². The second-order valence-corrected chi connectivity index (χ2v) is 9.52. The highest BCUT2D eigenvalue weighted by Gasteiger charge is 2.31. The fourth-order valence-corrected chi connectivity index (χ4v) is 4.71. The molecule has 0 bridgehead atoms. The van der Waals surface area contributed by atoms with Gasteiger partial charge in [0.1, 0.15) is 10.9 Å². The molecule has 1 aliphatic rings. The molecule has 0 unspecified atom stereocenters. The molecular weight excluding hydrogens is 506 g/mol. The van der Waals surface area contributed by atoms with Gasteiger partial charge in [0.15, 0.2) is 11.5 Å². The van der Waals surface area contributed by atoms with E-state index in [0.717, 1.165) is 21.2 Å². The maximum Gasteiger partial charge on any atom is 0.266 e. The SMILES string of the molecule is C=CCc1cc(/C=C2/SC(=S)N(CC=C)C2=O)cc(OCC)c1OCc1ccc(Br)cc1. The van der Waals surface area contributed by atoms with Gasteiger partial charge in [-0.3, -0.25) is 9.69 Å². The number of hydrogen-bond acceptors (Lipinski definition) is 5. The van der Waals surface area contributed by atoms with E-state index in [1.54, 1.807) is 11.0 Å². The van der Waals surface area contributed by atoms with Crippen LogP contribution in [0.3, 0.4) is 0 Å². The summed E-state index contributed by atoms with van der Waals surface area (Å²) in [5.41, 5.74) is 2.84. The molecule has 32 heavy (non-hydrogen) atoms. The monoisotopic (exact) mass is 529 g/mol. The van der Waals surface area contributed by atoms with E-state index in [4.69, 9.17) is 21.7 Å². The lowest BCUT2D eigenvalue weighted by molar-refractivity contribution is -0.121. The van der Waals surface area contributed by atoms with Gasteiger partial charge in [-0.25, -0.2) is 0 Å².